The molecule has 19 heavy (non-hydrogen) atoms. The minimum Gasteiger partial charge on any atom is -0.352 e. The number of amides is 2. The molecule has 2 aliphatic rings. The number of likely N-dealkylation sites (tertiary alicyclic amines) is 1. The van der Waals surface area contributed by atoms with E-state index in [-0.39, 0.29) is 29.8 Å². The number of nitrogens with zero attached hydrogens (tertiary/aromatic N) is 1. The number of carbonyl (C=O) groups excluding carboxylic acids is 2. The average Bonchev–Trinajstić information content (AvgIpc) is 2.79. The zero-order valence-electron chi connectivity index (χ0n) is 11.9. The molecule has 0 radical (unpaired) electrons. The highest BCUT2D eigenvalue weighted by Crippen LogP contribution is 2.30. The van der Waals surface area contributed by atoms with Gasteiger partial charge in [0.05, 0.1) is 5.92 Å². The van der Waals surface area contributed by atoms with Crippen LogP contribution in [0.3, 0.4) is 0 Å². The van der Waals surface area contributed by atoms with E-state index in [9.17, 15) is 9.59 Å². The lowest BCUT2D eigenvalue weighted by Gasteiger charge is -2.35. The second kappa shape index (κ2) is 5.90. The molecule has 1 heterocycles. The van der Waals surface area contributed by atoms with E-state index in [0.29, 0.717) is 12.5 Å². The van der Waals surface area contributed by atoms with Crippen LogP contribution in [0.15, 0.2) is 0 Å². The van der Waals surface area contributed by atoms with Crippen LogP contribution >= 0.6 is 0 Å². The lowest BCUT2D eigenvalue weighted by Crippen LogP contribution is -2.49. The Bertz CT molecular complexity index is 359. The van der Waals surface area contributed by atoms with Crippen LogP contribution in [0, 0.1) is 11.8 Å². The first-order valence-electron chi connectivity index (χ1n) is 7.30. The molecule has 0 aromatic rings. The smallest absolute Gasteiger partial charge is 0.227 e. The van der Waals surface area contributed by atoms with E-state index in [0.717, 1.165) is 32.2 Å². The summed E-state index contributed by atoms with van der Waals surface area (Å²) in [6.45, 7) is 5.02. The standard InChI is InChI=1S/C14H25N3O2/c1-9-4-3-5-12(13(9)15)14(19)17-7-6-11(8-17)16-10(2)18/h9,11-13H,3-8,15H2,1-2H3,(H,16,18). The van der Waals surface area contributed by atoms with Crippen molar-refractivity contribution >= 4 is 11.8 Å². The Kier molecular flexibility index (Phi) is 4.45. The molecule has 2 amide bonds. The van der Waals surface area contributed by atoms with Crippen LogP contribution in [0.5, 0.6) is 0 Å². The zero-order valence-corrected chi connectivity index (χ0v) is 11.9. The van der Waals surface area contributed by atoms with Crippen LogP contribution in [0.1, 0.15) is 39.5 Å². The number of rotatable bonds is 2. The molecule has 5 heteroatoms. The molecule has 1 aliphatic carbocycles. The van der Waals surface area contributed by atoms with E-state index in [1.807, 2.05) is 4.90 Å². The molecule has 1 aliphatic heterocycles. The van der Waals surface area contributed by atoms with Crippen molar-refractivity contribution in [3.63, 3.8) is 0 Å². The third-order valence-corrected chi connectivity index (χ3v) is 4.52. The van der Waals surface area contributed by atoms with Crippen molar-refractivity contribution in [2.45, 2.75) is 51.6 Å². The Morgan fingerprint density at radius 3 is 2.68 bits per heavy atom. The molecule has 5 nitrogen and oxygen atoms in total. The number of carbonyl (C=O) groups is 2. The monoisotopic (exact) mass is 267 g/mol. The molecule has 0 spiro atoms. The van der Waals surface area contributed by atoms with Crippen molar-refractivity contribution in [3.8, 4) is 0 Å². The second-order valence-corrected chi connectivity index (χ2v) is 6.06. The van der Waals surface area contributed by atoms with Crippen molar-refractivity contribution in [3.05, 3.63) is 0 Å². The molecule has 4 atom stereocenters. The number of hydrogen-bond acceptors (Lipinski definition) is 3. The van der Waals surface area contributed by atoms with Crippen LogP contribution in [-0.2, 0) is 9.59 Å². The van der Waals surface area contributed by atoms with Gasteiger partial charge in [-0.05, 0) is 25.2 Å². The van der Waals surface area contributed by atoms with Gasteiger partial charge in [0, 0.05) is 32.1 Å². The highest BCUT2D eigenvalue weighted by molar-refractivity contribution is 5.80. The normalized spacial score (nSPS) is 35.2. The van der Waals surface area contributed by atoms with Gasteiger partial charge >= 0.3 is 0 Å². The van der Waals surface area contributed by atoms with E-state index in [2.05, 4.69) is 12.2 Å². The first kappa shape index (κ1) is 14.3. The van der Waals surface area contributed by atoms with Gasteiger partial charge in [0.2, 0.25) is 11.8 Å². The van der Waals surface area contributed by atoms with Crippen molar-refractivity contribution < 1.29 is 9.59 Å². The van der Waals surface area contributed by atoms with Crippen LogP contribution < -0.4 is 11.1 Å². The van der Waals surface area contributed by atoms with Gasteiger partial charge in [-0.15, -0.1) is 0 Å². The minimum absolute atomic E-state index is 0.0129. The van der Waals surface area contributed by atoms with Gasteiger partial charge in [0.15, 0.2) is 0 Å². The minimum atomic E-state index is -0.0279. The molecule has 1 saturated carbocycles. The molecule has 3 N–H and O–H groups in total. The Balaban J connectivity index is 1.91. The highest BCUT2D eigenvalue weighted by atomic mass is 16.2. The van der Waals surface area contributed by atoms with E-state index < -0.39 is 0 Å². The summed E-state index contributed by atoms with van der Waals surface area (Å²) in [6, 6.07) is 0.0970. The molecule has 2 fully saturated rings. The maximum Gasteiger partial charge on any atom is 0.227 e. The van der Waals surface area contributed by atoms with E-state index in [1.165, 1.54) is 6.92 Å². The third kappa shape index (κ3) is 3.26. The number of nitrogens with two attached hydrogens (primary N) is 1. The van der Waals surface area contributed by atoms with Crippen molar-refractivity contribution in [1.29, 1.82) is 0 Å². The molecule has 0 aromatic heterocycles. The van der Waals surface area contributed by atoms with Crippen LogP contribution in [-0.4, -0.2) is 41.9 Å². The fourth-order valence-corrected chi connectivity index (χ4v) is 3.33. The molecule has 1 saturated heterocycles. The highest BCUT2D eigenvalue weighted by Gasteiger charge is 2.37. The van der Waals surface area contributed by atoms with E-state index in [4.69, 9.17) is 5.73 Å². The van der Waals surface area contributed by atoms with Gasteiger partial charge < -0.3 is 16.0 Å². The van der Waals surface area contributed by atoms with Gasteiger partial charge in [-0.3, -0.25) is 9.59 Å². The Hall–Kier alpha value is -1.10. The Labute approximate surface area is 114 Å². The summed E-state index contributed by atoms with van der Waals surface area (Å²) in [5, 5.41) is 2.89. The van der Waals surface area contributed by atoms with E-state index >= 15 is 0 Å². The quantitative estimate of drug-likeness (QED) is 0.764. The first-order valence-corrected chi connectivity index (χ1v) is 7.30. The lowest BCUT2D eigenvalue weighted by molar-refractivity contribution is -0.136. The molecular weight excluding hydrogens is 242 g/mol. The predicted molar refractivity (Wildman–Crippen MR) is 73.3 cm³/mol. The topological polar surface area (TPSA) is 75.4 Å². The maximum atomic E-state index is 12.5. The van der Waals surface area contributed by atoms with Crippen LogP contribution in [0.4, 0.5) is 0 Å². The summed E-state index contributed by atoms with van der Waals surface area (Å²) >= 11 is 0. The van der Waals surface area contributed by atoms with Crippen molar-refractivity contribution in [2.24, 2.45) is 17.6 Å². The Morgan fingerprint density at radius 1 is 1.26 bits per heavy atom. The summed E-state index contributed by atoms with van der Waals surface area (Å²) in [7, 11) is 0. The molecular formula is C14H25N3O2. The predicted octanol–water partition coefficient (Wildman–Crippen LogP) is 0.487. The summed E-state index contributed by atoms with van der Waals surface area (Å²) in [6.07, 6.45) is 3.97. The first-order chi connectivity index (χ1) is 8.99. The van der Waals surface area contributed by atoms with Gasteiger partial charge in [0.25, 0.3) is 0 Å². The van der Waals surface area contributed by atoms with Gasteiger partial charge in [0.1, 0.15) is 0 Å². The third-order valence-electron chi connectivity index (χ3n) is 4.52. The Morgan fingerprint density at radius 2 is 2.00 bits per heavy atom. The summed E-state index contributed by atoms with van der Waals surface area (Å²) in [5.41, 5.74) is 6.19. The number of hydrogen-bond donors (Lipinski definition) is 2. The largest absolute Gasteiger partial charge is 0.352 e. The van der Waals surface area contributed by atoms with Crippen molar-refractivity contribution in [2.75, 3.05) is 13.1 Å². The average molecular weight is 267 g/mol. The summed E-state index contributed by atoms with van der Waals surface area (Å²) < 4.78 is 0. The lowest BCUT2D eigenvalue weighted by atomic mass is 9.77. The fraction of sp³-hybridized carbons (Fsp3) is 0.857. The summed E-state index contributed by atoms with van der Waals surface area (Å²) in [4.78, 5) is 25.4. The molecule has 2 rings (SSSR count). The molecule has 108 valence electrons. The molecule has 0 bridgehead atoms. The zero-order chi connectivity index (χ0) is 14.0. The molecule has 0 aromatic carbocycles. The van der Waals surface area contributed by atoms with E-state index in [1.54, 1.807) is 0 Å². The van der Waals surface area contributed by atoms with Gasteiger partial charge in [-0.2, -0.15) is 0 Å². The SMILES string of the molecule is CC(=O)NC1CCN(C(=O)C2CCCC(C)C2N)C1. The van der Waals surface area contributed by atoms with Gasteiger partial charge in [-0.25, -0.2) is 0 Å². The summed E-state index contributed by atoms with van der Waals surface area (Å²) in [5.74, 6) is 0.561. The fourth-order valence-electron chi connectivity index (χ4n) is 3.33. The van der Waals surface area contributed by atoms with Crippen LogP contribution in [0.25, 0.3) is 0 Å². The second-order valence-electron chi connectivity index (χ2n) is 6.06. The molecule has 4 unspecified atom stereocenters. The van der Waals surface area contributed by atoms with Crippen molar-refractivity contribution in [1.82, 2.24) is 10.2 Å². The maximum absolute atomic E-state index is 12.5. The van der Waals surface area contributed by atoms with Crippen LogP contribution in [0.2, 0.25) is 0 Å². The van der Waals surface area contributed by atoms with Gasteiger partial charge in [-0.1, -0.05) is 13.3 Å². The number of nitrogens with one attached hydrogen (secondary N) is 1.